The zero-order valence-electron chi connectivity index (χ0n) is 9.21. The molecule has 1 rings (SSSR count). The fraction of sp³-hybridized carbons (Fsp3) is 0.333. The first-order chi connectivity index (χ1) is 7.30. The summed E-state index contributed by atoms with van der Waals surface area (Å²) in [4.78, 5) is 0. The third-order valence-electron chi connectivity index (χ3n) is 2.41. The van der Waals surface area contributed by atoms with Crippen LogP contribution in [-0.4, -0.2) is 27.4 Å². The zero-order chi connectivity index (χ0) is 11.1. The molecule has 0 unspecified atom stereocenters. The maximum absolute atomic E-state index is 3.82. The zero-order valence-corrected chi connectivity index (χ0v) is 12.7. The Kier molecular flexibility index (Phi) is 6.06. The van der Waals surface area contributed by atoms with Crippen molar-refractivity contribution in [3.05, 3.63) is 38.0 Å². The fourth-order valence-corrected chi connectivity index (χ4v) is 15.6. The highest BCUT2D eigenvalue weighted by Gasteiger charge is 2.27. The molecule has 6 heteroatoms. The minimum absolute atomic E-state index is 0.958. The van der Waals surface area contributed by atoms with Gasteiger partial charge in [0.25, 0.3) is 0 Å². The van der Waals surface area contributed by atoms with Gasteiger partial charge in [-0.25, -0.2) is 0 Å². The Bertz CT molecular complexity index is 191. The molecule has 0 spiro atoms. The molecule has 1 heterocycles. The van der Waals surface area contributed by atoms with Gasteiger partial charge in [0.05, 0.1) is 0 Å². The van der Waals surface area contributed by atoms with Gasteiger partial charge in [0, 0.05) is 0 Å². The predicted molar refractivity (Wildman–Crippen MR) is 75.9 cm³/mol. The molecule has 1 aliphatic heterocycles. The van der Waals surface area contributed by atoms with Crippen LogP contribution in [0.25, 0.3) is 0 Å². The number of nitrogens with one attached hydrogen (secondary N) is 3. The molecule has 0 atom stereocenters. The highest BCUT2D eigenvalue weighted by Crippen LogP contribution is 2.00. The van der Waals surface area contributed by atoms with Crippen molar-refractivity contribution in [2.45, 2.75) is 18.1 Å². The van der Waals surface area contributed by atoms with Crippen molar-refractivity contribution in [3.8, 4) is 0 Å². The van der Waals surface area contributed by atoms with Crippen LogP contribution in [0.4, 0.5) is 0 Å². The summed E-state index contributed by atoms with van der Waals surface area (Å²) in [6, 6.07) is 3.38. The van der Waals surface area contributed by atoms with Crippen LogP contribution in [0.15, 0.2) is 38.0 Å². The molecule has 0 aromatic carbocycles. The largest absolute Gasteiger partial charge is 0.340 e. The van der Waals surface area contributed by atoms with E-state index in [2.05, 4.69) is 33.7 Å². The van der Waals surface area contributed by atoms with Crippen LogP contribution in [0.1, 0.15) is 0 Å². The number of allylic oxidation sites excluding steroid dienone is 3. The van der Waals surface area contributed by atoms with E-state index in [0.717, 1.165) is 18.1 Å². The van der Waals surface area contributed by atoms with Gasteiger partial charge < -0.3 is 13.9 Å². The number of hydrogen-bond donors (Lipinski definition) is 3. The van der Waals surface area contributed by atoms with Gasteiger partial charge in [-0.15, -0.1) is 19.7 Å². The van der Waals surface area contributed by atoms with E-state index in [1.165, 1.54) is 0 Å². The number of rotatable bonds is 6. The Hall–Kier alpha value is -0.249. The molecule has 0 saturated carbocycles. The Balaban J connectivity index is 2.50. The highest BCUT2D eigenvalue weighted by molar-refractivity contribution is 6.87. The molecule has 3 nitrogen and oxygen atoms in total. The Morgan fingerprint density at radius 2 is 0.933 bits per heavy atom. The van der Waals surface area contributed by atoms with E-state index < -0.39 is 27.4 Å². The second-order valence-electron chi connectivity index (χ2n) is 3.73. The van der Waals surface area contributed by atoms with Crippen LogP contribution in [0.3, 0.4) is 0 Å². The molecule has 0 radical (unpaired) electrons. The second-order valence-corrected chi connectivity index (χ2v) is 12.5. The SMILES string of the molecule is C=CC[SiH]1N[SiH](CC=C)N[SiH](CC=C)N1. The monoisotopic (exact) mass is 255 g/mol. The van der Waals surface area contributed by atoms with Crippen LogP contribution >= 0.6 is 0 Å². The summed E-state index contributed by atoms with van der Waals surface area (Å²) in [6.07, 6.45) is 6.09. The van der Waals surface area contributed by atoms with Crippen LogP contribution < -0.4 is 13.9 Å². The summed E-state index contributed by atoms with van der Waals surface area (Å²) in [5.74, 6) is 0. The molecular weight excluding hydrogens is 234 g/mol. The predicted octanol–water partition coefficient (Wildman–Crippen LogP) is -0.0117. The molecular formula is C9H21N3Si3. The molecule has 84 valence electrons. The van der Waals surface area contributed by atoms with Gasteiger partial charge in [-0.1, -0.05) is 18.2 Å². The third-order valence-corrected chi connectivity index (χ3v) is 14.5. The number of hydrogen-bond acceptors (Lipinski definition) is 3. The molecule has 1 aliphatic rings. The summed E-state index contributed by atoms with van der Waals surface area (Å²) in [5, 5.41) is 0. The molecule has 3 N–H and O–H groups in total. The normalized spacial score (nSPS) is 30.8. The topological polar surface area (TPSA) is 36.1 Å². The van der Waals surface area contributed by atoms with Crippen LogP contribution in [0, 0.1) is 0 Å². The van der Waals surface area contributed by atoms with Gasteiger partial charge in [-0.2, -0.15) is 0 Å². The highest BCUT2D eigenvalue weighted by atomic mass is 28.4. The van der Waals surface area contributed by atoms with E-state index in [1.54, 1.807) is 0 Å². The first kappa shape index (κ1) is 12.8. The lowest BCUT2D eigenvalue weighted by Gasteiger charge is -2.35. The van der Waals surface area contributed by atoms with Crippen LogP contribution in [0.2, 0.25) is 18.1 Å². The lowest BCUT2D eigenvalue weighted by atomic mass is 10.8. The average molecular weight is 256 g/mol. The standard InChI is InChI=1S/C9H21N3Si3/c1-4-7-13-10-14(8-5-2)12-15(11-13)9-6-3/h4-6,10-15H,1-3,7-9H2. The molecule has 0 amide bonds. The van der Waals surface area contributed by atoms with Gasteiger partial charge in [0.15, 0.2) is 27.4 Å². The maximum Gasteiger partial charge on any atom is 0.176 e. The third kappa shape index (κ3) is 4.41. The molecule has 1 fully saturated rings. The summed E-state index contributed by atoms with van der Waals surface area (Å²) in [6.45, 7) is 11.5. The molecule has 0 aromatic heterocycles. The maximum atomic E-state index is 3.82. The van der Waals surface area contributed by atoms with Crippen LogP contribution in [0.5, 0.6) is 0 Å². The molecule has 0 aromatic rings. The first-order valence-corrected chi connectivity index (χ1v) is 11.3. The second kappa shape index (κ2) is 7.10. The van der Waals surface area contributed by atoms with E-state index in [4.69, 9.17) is 0 Å². The summed E-state index contributed by atoms with van der Waals surface area (Å²) < 4.78 is 11.3. The Morgan fingerprint density at radius 3 is 1.13 bits per heavy atom. The van der Waals surface area contributed by atoms with Crippen molar-refractivity contribution >= 4 is 27.4 Å². The Morgan fingerprint density at radius 1 is 0.667 bits per heavy atom. The minimum atomic E-state index is -0.958. The smallest absolute Gasteiger partial charge is 0.176 e. The van der Waals surface area contributed by atoms with Crippen molar-refractivity contribution in [2.24, 2.45) is 0 Å². The fourth-order valence-electron chi connectivity index (χ4n) is 1.78. The van der Waals surface area contributed by atoms with Crippen LogP contribution in [-0.2, 0) is 0 Å². The Labute approximate surface area is 97.6 Å². The molecule has 0 bridgehead atoms. The van der Waals surface area contributed by atoms with Gasteiger partial charge in [0.2, 0.25) is 0 Å². The van der Waals surface area contributed by atoms with Crippen molar-refractivity contribution in [1.29, 1.82) is 0 Å². The van der Waals surface area contributed by atoms with Gasteiger partial charge >= 0.3 is 0 Å². The summed E-state index contributed by atoms with van der Waals surface area (Å²) >= 11 is 0. The van der Waals surface area contributed by atoms with Crippen molar-refractivity contribution in [2.75, 3.05) is 0 Å². The van der Waals surface area contributed by atoms with E-state index in [0.29, 0.717) is 0 Å². The van der Waals surface area contributed by atoms with E-state index >= 15 is 0 Å². The summed E-state index contributed by atoms with van der Waals surface area (Å²) in [7, 11) is -2.87. The van der Waals surface area contributed by atoms with Gasteiger partial charge in [-0.3, -0.25) is 0 Å². The molecule has 15 heavy (non-hydrogen) atoms. The van der Waals surface area contributed by atoms with E-state index in [1.807, 2.05) is 18.2 Å². The van der Waals surface area contributed by atoms with Crippen molar-refractivity contribution < 1.29 is 0 Å². The van der Waals surface area contributed by atoms with Gasteiger partial charge in [-0.05, 0) is 18.1 Å². The average Bonchev–Trinajstić information content (AvgIpc) is 2.19. The van der Waals surface area contributed by atoms with Crippen molar-refractivity contribution in [3.63, 3.8) is 0 Å². The molecule has 1 saturated heterocycles. The van der Waals surface area contributed by atoms with Crippen molar-refractivity contribution in [1.82, 2.24) is 13.9 Å². The van der Waals surface area contributed by atoms with E-state index in [9.17, 15) is 0 Å². The first-order valence-electron chi connectivity index (χ1n) is 5.41. The quantitative estimate of drug-likeness (QED) is 0.461. The van der Waals surface area contributed by atoms with Gasteiger partial charge in [0.1, 0.15) is 0 Å². The lowest BCUT2D eigenvalue weighted by molar-refractivity contribution is 1.11. The minimum Gasteiger partial charge on any atom is -0.340 e. The van der Waals surface area contributed by atoms with E-state index in [-0.39, 0.29) is 0 Å². The lowest BCUT2D eigenvalue weighted by Crippen LogP contribution is -2.74. The molecule has 0 aliphatic carbocycles. The summed E-state index contributed by atoms with van der Waals surface area (Å²) in [5.41, 5.74) is 0.